The van der Waals surface area contributed by atoms with Crippen LogP contribution in [0.5, 0.6) is 0 Å². The number of likely N-dealkylation sites (tertiary alicyclic amines) is 1. The molecular weight excluding hydrogens is 378 g/mol. The van der Waals surface area contributed by atoms with Gasteiger partial charge in [-0.15, -0.1) is 22.0 Å². The number of benzene rings is 1. The van der Waals surface area contributed by atoms with Crippen LogP contribution in [0.4, 0.5) is 0 Å². The summed E-state index contributed by atoms with van der Waals surface area (Å²) in [7, 11) is 0. The highest BCUT2D eigenvalue weighted by Gasteiger charge is 2.26. The number of aromatic nitrogens is 2. The standard InChI is InChI=1S/C20H21N3O2S2/c24-18(10-14-26-16-5-2-1-3-6-16)23-11-8-15(9-12-23)19-21-22-20(27-19)17-7-4-13-25-17/h1-7,13,15H,8-12,14H2. The Balaban J connectivity index is 1.24. The third kappa shape index (κ3) is 4.59. The Hall–Kier alpha value is -2.12. The molecule has 5 nitrogen and oxygen atoms in total. The van der Waals surface area contributed by atoms with Gasteiger partial charge in [0, 0.05) is 36.1 Å². The highest BCUT2D eigenvalue weighted by molar-refractivity contribution is 7.99. The monoisotopic (exact) mass is 399 g/mol. The van der Waals surface area contributed by atoms with Gasteiger partial charge in [-0.05, 0) is 37.1 Å². The van der Waals surface area contributed by atoms with Crippen molar-refractivity contribution in [2.45, 2.75) is 30.1 Å². The fourth-order valence-corrected chi connectivity index (χ4v) is 5.05. The van der Waals surface area contributed by atoms with E-state index in [0.717, 1.165) is 47.5 Å². The number of carbonyl (C=O) groups is 1. The maximum absolute atomic E-state index is 12.5. The van der Waals surface area contributed by atoms with E-state index in [2.05, 4.69) is 22.3 Å². The first-order valence-electron chi connectivity index (χ1n) is 9.12. The molecule has 0 radical (unpaired) electrons. The van der Waals surface area contributed by atoms with Crippen LogP contribution in [0, 0.1) is 0 Å². The number of carbonyl (C=O) groups excluding carboxylic acids is 1. The lowest BCUT2D eigenvalue weighted by Gasteiger charge is -2.31. The van der Waals surface area contributed by atoms with Crippen molar-refractivity contribution < 1.29 is 9.21 Å². The minimum absolute atomic E-state index is 0.255. The minimum atomic E-state index is 0.255. The van der Waals surface area contributed by atoms with Crippen molar-refractivity contribution >= 4 is 29.0 Å². The molecule has 2 aromatic heterocycles. The summed E-state index contributed by atoms with van der Waals surface area (Å²) in [6, 6.07) is 14.0. The Bertz CT molecular complexity index is 857. The van der Waals surface area contributed by atoms with E-state index in [-0.39, 0.29) is 5.91 Å². The first kappa shape index (κ1) is 18.3. The van der Waals surface area contributed by atoms with Crippen molar-refractivity contribution in [1.29, 1.82) is 0 Å². The second-order valence-electron chi connectivity index (χ2n) is 6.49. The van der Waals surface area contributed by atoms with Gasteiger partial charge in [-0.3, -0.25) is 4.79 Å². The third-order valence-corrected chi connectivity index (χ3v) is 6.81. The molecule has 1 aromatic carbocycles. The fraction of sp³-hybridized carbons (Fsp3) is 0.350. The van der Waals surface area contributed by atoms with Crippen LogP contribution in [-0.2, 0) is 4.79 Å². The van der Waals surface area contributed by atoms with Gasteiger partial charge in [-0.25, -0.2) is 0 Å². The van der Waals surface area contributed by atoms with Gasteiger partial charge in [0.1, 0.15) is 5.01 Å². The third-order valence-electron chi connectivity index (χ3n) is 4.70. The van der Waals surface area contributed by atoms with Gasteiger partial charge in [0.2, 0.25) is 5.91 Å². The Morgan fingerprint density at radius 3 is 2.70 bits per heavy atom. The van der Waals surface area contributed by atoms with Gasteiger partial charge in [0.25, 0.3) is 0 Å². The van der Waals surface area contributed by atoms with Gasteiger partial charge in [0.05, 0.1) is 6.26 Å². The molecule has 3 heterocycles. The highest BCUT2D eigenvalue weighted by atomic mass is 32.2. The number of amides is 1. The molecule has 7 heteroatoms. The summed E-state index contributed by atoms with van der Waals surface area (Å²) in [6.07, 6.45) is 4.14. The predicted octanol–water partition coefficient (Wildman–Crippen LogP) is 4.69. The van der Waals surface area contributed by atoms with E-state index in [9.17, 15) is 4.79 Å². The zero-order valence-electron chi connectivity index (χ0n) is 14.9. The van der Waals surface area contributed by atoms with Crippen molar-refractivity contribution in [3.05, 3.63) is 53.7 Å². The summed E-state index contributed by atoms with van der Waals surface area (Å²) in [6.45, 7) is 1.60. The molecule has 0 unspecified atom stereocenters. The van der Waals surface area contributed by atoms with Crippen LogP contribution < -0.4 is 0 Å². The summed E-state index contributed by atoms with van der Waals surface area (Å²) >= 11 is 3.33. The SMILES string of the molecule is O=C(CCSc1ccccc1)N1CCC(c2nnc(-c3ccco3)s2)CC1. The van der Waals surface area contributed by atoms with Crippen LogP contribution in [-0.4, -0.2) is 39.8 Å². The van der Waals surface area contributed by atoms with E-state index in [4.69, 9.17) is 4.42 Å². The molecule has 1 amide bonds. The molecule has 1 fully saturated rings. The van der Waals surface area contributed by atoms with Crippen LogP contribution in [0.25, 0.3) is 10.8 Å². The van der Waals surface area contributed by atoms with Gasteiger partial charge in [-0.1, -0.05) is 29.5 Å². The lowest BCUT2D eigenvalue weighted by Crippen LogP contribution is -2.38. The number of furan rings is 1. The number of nitrogens with zero attached hydrogens (tertiary/aromatic N) is 3. The van der Waals surface area contributed by atoms with Crippen molar-refractivity contribution in [3.8, 4) is 10.8 Å². The maximum Gasteiger partial charge on any atom is 0.223 e. The average Bonchev–Trinajstić information content (AvgIpc) is 3.41. The first-order valence-corrected chi connectivity index (χ1v) is 10.9. The van der Waals surface area contributed by atoms with Gasteiger partial charge >= 0.3 is 0 Å². The summed E-state index contributed by atoms with van der Waals surface area (Å²) in [5, 5.41) is 10.5. The normalized spacial score (nSPS) is 15.2. The number of rotatable bonds is 6. The quantitative estimate of drug-likeness (QED) is 0.563. The molecule has 27 heavy (non-hydrogen) atoms. The summed E-state index contributed by atoms with van der Waals surface area (Å²) in [4.78, 5) is 15.7. The molecule has 1 aliphatic heterocycles. The van der Waals surface area contributed by atoms with Crippen LogP contribution >= 0.6 is 23.1 Å². The van der Waals surface area contributed by atoms with Crippen molar-refractivity contribution in [2.75, 3.05) is 18.8 Å². The average molecular weight is 400 g/mol. The minimum Gasteiger partial charge on any atom is -0.462 e. The van der Waals surface area contributed by atoms with Crippen LogP contribution in [0.2, 0.25) is 0 Å². The first-order chi connectivity index (χ1) is 13.3. The zero-order valence-corrected chi connectivity index (χ0v) is 16.5. The Labute approximate surface area is 166 Å². The van der Waals surface area contributed by atoms with Crippen molar-refractivity contribution in [1.82, 2.24) is 15.1 Å². The molecule has 1 saturated heterocycles. The number of hydrogen-bond donors (Lipinski definition) is 0. The van der Waals surface area contributed by atoms with Crippen LogP contribution in [0.3, 0.4) is 0 Å². The second-order valence-corrected chi connectivity index (χ2v) is 8.67. The Morgan fingerprint density at radius 2 is 1.96 bits per heavy atom. The van der Waals surface area contributed by atoms with Crippen LogP contribution in [0.1, 0.15) is 30.2 Å². The number of piperidine rings is 1. The molecule has 3 aromatic rings. The van der Waals surface area contributed by atoms with E-state index in [1.165, 1.54) is 4.90 Å². The fourth-order valence-electron chi connectivity index (χ4n) is 3.21. The molecule has 4 rings (SSSR count). The Morgan fingerprint density at radius 1 is 1.15 bits per heavy atom. The number of hydrogen-bond acceptors (Lipinski definition) is 6. The Kier molecular flexibility index (Phi) is 5.89. The molecule has 0 saturated carbocycles. The van der Waals surface area contributed by atoms with Gasteiger partial charge in [0.15, 0.2) is 10.8 Å². The molecule has 0 bridgehead atoms. The summed E-state index contributed by atoms with van der Waals surface area (Å²) in [5.41, 5.74) is 0. The highest BCUT2D eigenvalue weighted by Crippen LogP contribution is 2.33. The lowest BCUT2D eigenvalue weighted by molar-refractivity contribution is -0.131. The molecule has 0 N–H and O–H groups in total. The van der Waals surface area contributed by atoms with Crippen LogP contribution in [0.15, 0.2) is 58.0 Å². The van der Waals surface area contributed by atoms with Crippen molar-refractivity contribution in [3.63, 3.8) is 0 Å². The molecule has 0 aliphatic carbocycles. The van der Waals surface area contributed by atoms with E-state index in [1.54, 1.807) is 29.4 Å². The molecular formula is C20H21N3O2S2. The topological polar surface area (TPSA) is 59.2 Å². The largest absolute Gasteiger partial charge is 0.462 e. The summed E-state index contributed by atoms with van der Waals surface area (Å²) in [5.74, 6) is 2.23. The predicted molar refractivity (Wildman–Crippen MR) is 108 cm³/mol. The second kappa shape index (κ2) is 8.71. The molecule has 0 spiro atoms. The van der Waals surface area contributed by atoms with E-state index in [0.29, 0.717) is 12.3 Å². The number of thioether (sulfide) groups is 1. The van der Waals surface area contributed by atoms with Gasteiger partial charge < -0.3 is 9.32 Å². The van der Waals surface area contributed by atoms with Crippen molar-refractivity contribution in [2.24, 2.45) is 0 Å². The lowest BCUT2D eigenvalue weighted by atomic mass is 9.97. The van der Waals surface area contributed by atoms with E-state index in [1.807, 2.05) is 35.2 Å². The van der Waals surface area contributed by atoms with E-state index >= 15 is 0 Å². The van der Waals surface area contributed by atoms with Gasteiger partial charge in [-0.2, -0.15) is 0 Å². The molecule has 0 atom stereocenters. The molecule has 140 valence electrons. The smallest absolute Gasteiger partial charge is 0.223 e. The molecule has 1 aliphatic rings. The van der Waals surface area contributed by atoms with E-state index < -0.39 is 0 Å². The maximum atomic E-state index is 12.5. The summed E-state index contributed by atoms with van der Waals surface area (Å²) < 4.78 is 5.39. The zero-order chi connectivity index (χ0) is 18.5.